The summed E-state index contributed by atoms with van der Waals surface area (Å²) in [6.07, 6.45) is 0.320. The van der Waals surface area contributed by atoms with Crippen molar-refractivity contribution in [3.8, 4) is 0 Å². The van der Waals surface area contributed by atoms with Crippen molar-refractivity contribution in [3.05, 3.63) is 24.3 Å². The molecule has 4 heteroatoms. The van der Waals surface area contributed by atoms with Gasteiger partial charge in [0, 0.05) is 27.1 Å². The minimum atomic E-state index is -0.394. The Kier molecular flexibility index (Phi) is 2.64. The first kappa shape index (κ1) is 10.7. The highest BCUT2D eigenvalue weighted by atomic mass is 16.2. The Balaban J connectivity index is 2.41. The van der Waals surface area contributed by atoms with Crippen LogP contribution in [0.5, 0.6) is 0 Å². The molecule has 4 nitrogen and oxygen atoms in total. The zero-order valence-electron chi connectivity index (χ0n) is 9.43. The lowest BCUT2D eigenvalue weighted by molar-refractivity contribution is -0.133. The fraction of sp³-hybridized carbons (Fsp3) is 0.333. The third-order valence-electron chi connectivity index (χ3n) is 2.70. The van der Waals surface area contributed by atoms with Crippen LogP contribution in [0.4, 0.5) is 11.4 Å². The largest absolute Gasteiger partial charge is 0.376 e. The molecular weight excluding hydrogens is 204 g/mol. The summed E-state index contributed by atoms with van der Waals surface area (Å²) in [5.41, 5.74) is 1.76. The molecule has 1 heterocycles. The summed E-state index contributed by atoms with van der Waals surface area (Å²) in [5, 5.41) is 0. The number of rotatable bonds is 2. The molecule has 84 valence electrons. The summed E-state index contributed by atoms with van der Waals surface area (Å²) in [6, 6.07) is 7.59. The highest BCUT2D eigenvalue weighted by Gasteiger charge is 2.31. The Morgan fingerprint density at radius 2 is 1.88 bits per heavy atom. The summed E-state index contributed by atoms with van der Waals surface area (Å²) in [6.45, 7) is 0.489. The van der Waals surface area contributed by atoms with E-state index in [-0.39, 0.29) is 5.78 Å². The second kappa shape index (κ2) is 3.96. The van der Waals surface area contributed by atoms with Crippen LogP contribution in [0, 0.1) is 0 Å². The Hall–Kier alpha value is -1.84. The number of nitrogens with zero attached hydrogens (tertiary/aromatic N) is 2. The van der Waals surface area contributed by atoms with Crippen LogP contribution in [0.15, 0.2) is 24.3 Å². The Bertz CT molecular complexity index is 440. The molecule has 1 aromatic carbocycles. The average Bonchev–Trinajstić information content (AvgIpc) is 2.60. The van der Waals surface area contributed by atoms with Crippen molar-refractivity contribution < 1.29 is 9.59 Å². The first-order valence-electron chi connectivity index (χ1n) is 5.22. The maximum atomic E-state index is 11.6. The van der Waals surface area contributed by atoms with E-state index in [1.165, 1.54) is 0 Å². The van der Waals surface area contributed by atoms with Gasteiger partial charge in [0.05, 0.1) is 11.4 Å². The summed E-state index contributed by atoms with van der Waals surface area (Å²) in [7, 11) is 3.84. The maximum absolute atomic E-state index is 11.6. The number of hydrogen-bond donors (Lipinski definition) is 0. The van der Waals surface area contributed by atoms with Gasteiger partial charge < -0.3 is 9.80 Å². The van der Waals surface area contributed by atoms with Crippen LogP contribution in [0.1, 0.15) is 6.42 Å². The van der Waals surface area contributed by atoms with Crippen molar-refractivity contribution in [1.29, 1.82) is 0 Å². The molecule has 2 rings (SSSR count). The third-order valence-corrected chi connectivity index (χ3v) is 2.70. The predicted molar refractivity (Wildman–Crippen MR) is 62.7 cm³/mol. The number of hydrogen-bond acceptors (Lipinski definition) is 3. The Labute approximate surface area is 94.5 Å². The van der Waals surface area contributed by atoms with Crippen molar-refractivity contribution in [2.45, 2.75) is 6.42 Å². The van der Waals surface area contributed by atoms with E-state index in [1.54, 1.807) is 4.90 Å². The number of ketones is 1. The molecule has 0 N–H and O–H groups in total. The van der Waals surface area contributed by atoms with Gasteiger partial charge in [-0.15, -0.1) is 0 Å². The quantitative estimate of drug-likeness (QED) is 0.697. The number of benzene rings is 1. The lowest BCUT2D eigenvalue weighted by Crippen LogP contribution is -2.28. The first-order valence-corrected chi connectivity index (χ1v) is 5.22. The number of carbonyl (C=O) groups is 2. The summed E-state index contributed by atoms with van der Waals surface area (Å²) in [4.78, 5) is 26.4. The van der Waals surface area contributed by atoms with E-state index >= 15 is 0 Å². The molecule has 0 saturated carbocycles. The molecule has 1 aromatic rings. The molecule has 1 saturated heterocycles. The predicted octanol–water partition coefficient (Wildman–Crippen LogP) is 1.06. The van der Waals surface area contributed by atoms with Gasteiger partial charge in [0.1, 0.15) is 0 Å². The molecule has 0 bridgehead atoms. The van der Waals surface area contributed by atoms with Gasteiger partial charge in [-0.3, -0.25) is 9.59 Å². The molecule has 0 unspecified atom stereocenters. The number of Topliss-reactive ketones (excluding diaryl/α,β-unsaturated/α-hetero) is 1. The second-order valence-electron chi connectivity index (χ2n) is 4.01. The molecule has 1 aliphatic heterocycles. The zero-order valence-corrected chi connectivity index (χ0v) is 9.43. The fourth-order valence-corrected chi connectivity index (χ4v) is 1.87. The SMILES string of the molecule is CN(C)c1ccccc1N1CCC(=O)C1=O. The van der Waals surface area contributed by atoms with Crippen molar-refractivity contribution >= 4 is 23.1 Å². The first-order chi connectivity index (χ1) is 7.61. The number of carbonyl (C=O) groups excluding carboxylic acids is 2. The number of para-hydroxylation sites is 2. The van der Waals surface area contributed by atoms with Gasteiger partial charge in [-0.2, -0.15) is 0 Å². The third kappa shape index (κ3) is 1.66. The van der Waals surface area contributed by atoms with Crippen LogP contribution in [0.2, 0.25) is 0 Å². The summed E-state index contributed by atoms with van der Waals surface area (Å²) >= 11 is 0. The van der Waals surface area contributed by atoms with Crippen LogP contribution in [0.25, 0.3) is 0 Å². The molecule has 1 aliphatic rings. The van der Waals surface area contributed by atoms with Gasteiger partial charge in [0.2, 0.25) is 5.78 Å². The minimum absolute atomic E-state index is 0.298. The number of amides is 1. The van der Waals surface area contributed by atoms with Gasteiger partial charge >= 0.3 is 0 Å². The molecule has 0 atom stereocenters. The highest BCUT2D eigenvalue weighted by molar-refractivity contribution is 6.43. The van der Waals surface area contributed by atoms with E-state index < -0.39 is 5.91 Å². The van der Waals surface area contributed by atoms with E-state index in [9.17, 15) is 9.59 Å². The smallest absolute Gasteiger partial charge is 0.294 e. The molecule has 0 aliphatic carbocycles. The average molecular weight is 218 g/mol. The molecule has 1 amide bonds. The van der Waals surface area contributed by atoms with Gasteiger partial charge in [0.15, 0.2) is 0 Å². The van der Waals surface area contributed by atoms with Crippen LogP contribution in [0.3, 0.4) is 0 Å². The topological polar surface area (TPSA) is 40.6 Å². The Morgan fingerprint density at radius 3 is 2.44 bits per heavy atom. The number of anilines is 2. The van der Waals surface area contributed by atoms with Crippen LogP contribution in [-0.2, 0) is 9.59 Å². The lowest BCUT2D eigenvalue weighted by Gasteiger charge is -2.23. The van der Waals surface area contributed by atoms with E-state index in [0.717, 1.165) is 11.4 Å². The summed E-state index contributed by atoms with van der Waals surface area (Å²) < 4.78 is 0. The van der Waals surface area contributed by atoms with Crippen molar-refractivity contribution in [3.63, 3.8) is 0 Å². The van der Waals surface area contributed by atoms with Gasteiger partial charge in [0.25, 0.3) is 5.91 Å². The van der Waals surface area contributed by atoms with E-state index in [0.29, 0.717) is 13.0 Å². The molecule has 16 heavy (non-hydrogen) atoms. The van der Waals surface area contributed by atoms with Crippen molar-refractivity contribution in [2.75, 3.05) is 30.4 Å². The fourth-order valence-electron chi connectivity index (χ4n) is 1.87. The van der Waals surface area contributed by atoms with E-state index in [4.69, 9.17) is 0 Å². The molecule has 1 fully saturated rings. The van der Waals surface area contributed by atoms with Gasteiger partial charge in [-0.25, -0.2) is 0 Å². The zero-order chi connectivity index (χ0) is 11.7. The van der Waals surface area contributed by atoms with Crippen LogP contribution < -0.4 is 9.80 Å². The maximum Gasteiger partial charge on any atom is 0.294 e. The molecule has 0 aromatic heterocycles. The minimum Gasteiger partial charge on any atom is -0.376 e. The Morgan fingerprint density at radius 1 is 1.19 bits per heavy atom. The second-order valence-corrected chi connectivity index (χ2v) is 4.01. The standard InChI is InChI=1S/C12H14N2O2/c1-13(2)9-5-3-4-6-10(9)14-8-7-11(15)12(14)16/h3-6H,7-8H2,1-2H3. The lowest BCUT2D eigenvalue weighted by atomic mass is 10.2. The van der Waals surface area contributed by atoms with Crippen LogP contribution in [-0.4, -0.2) is 32.3 Å². The highest BCUT2D eigenvalue weighted by Crippen LogP contribution is 2.29. The summed E-state index contributed by atoms with van der Waals surface area (Å²) in [5.74, 6) is -0.692. The van der Waals surface area contributed by atoms with Crippen molar-refractivity contribution in [1.82, 2.24) is 0 Å². The van der Waals surface area contributed by atoms with E-state index in [1.807, 2.05) is 43.3 Å². The molecular formula is C12H14N2O2. The normalized spacial score (nSPS) is 15.8. The van der Waals surface area contributed by atoms with Gasteiger partial charge in [-0.1, -0.05) is 12.1 Å². The van der Waals surface area contributed by atoms with Crippen molar-refractivity contribution in [2.24, 2.45) is 0 Å². The molecule has 0 spiro atoms. The molecule has 0 radical (unpaired) electrons. The van der Waals surface area contributed by atoms with Crippen LogP contribution >= 0.6 is 0 Å². The monoisotopic (exact) mass is 218 g/mol. The van der Waals surface area contributed by atoms with Gasteiger partial charge in [-0.05, 0) is 12.1 Å². The van der Waals surface area contributed by atoms with E-state index in [2.05, 4.69) is 0 Å².